The van der Waals surface area contributed by atoms with Gasteiger partial charge in [0.05, 0.1) is 0 Å². The maximum atomic E-state index is 2.88. The molecule has 2 aliphatic heterocycles. The Kier molecular flexibility index (Phi) is 10.7. The van der Waals surface area contributed by atoms with Crippen LogP contribution < -0.4 is 19.6 Å². The van der Waals surface area contributed by atoms with Gasteiger partial charge in [-0.05, 0) is 64.0 Å². The number of fused-ring (bicyclic) bond motifs is 2. The summed E-state index contributed by atoms with van der Waals surface area (Å²) in [5, 5.41) is 0. The molecule has 0 unspecified atom stereocenters. The van der Waals surface area contributed by atoms with Crippen molar-refractivity contribution in [2.24, 2.45) is 0 Å². The molecular weight excluding hydrogens is 862 g/mol. The topological polar surface area (TPSA) is 13.0 Å². The van der Waals surface area contributed by atoms with E-state index in [9.17, 15) is 0 Å². The van der Waals surface area contributed by atoms with E-state index in [0.717, 1.165) is 6.67 Å². The minimum atomic E-state index is 0.438. The Labute approximate surface area is 212 Å². The first kappa shape index (κ1) is 25.3. The fraction of sp³-hybridized carbons (Fsp3) is 0.333. The second-order valence-corrected chi connectivity index (χ2v) is 7.29. The van der Waals surface area contributed by atoms with Crippen molar-refractivity contribution in [3.63, 3.8) is 0 Å². The van der Waals surface area contributed by atoms with Crippen LogP contribution in [0.25, 0.3) is 0 Å². The summed E-state index contributed by atoms with van der Waals surface area (Å²) >= 11 is 9.94. The van der Waals surface area contributed by atoms with E-state index in [2.05, 4.69) is 173 Å². The number of hydrogen-bond donors (Lipinski definition) is 0. The second-order valence-electron chi connectivity index (χ2n) is 7.29. The van der Waals surface area contributed by atoms with Gasteiger partial charge in [-0.15, -0.1) is 0 Å². The molecule has 0 spiro atoms. The summed E-state index contributed by atoms with van der Waals surface area (Å²) in [5.41, 5.74) is 5.10. The summed E-state index contributed by atoms with van der Waals surface area (Å²) in [6, 6.07) is 18.2. The number of halogens is 2. The van der Waals surface area contributed by atoms with Crippen LogP contribution in [0.3, 0.4) is 0 Å². The molecule has 0 saturated carbocycles. The van der Waals surface area contributed by atoms with Crippen molar-refractivity contribution in [2.75, 3.05) is 26.3 Å². The Bertz CT molecular complexity index is 712. The van der Waals surface area contributed by atoms with Crippen LogP contribution >= 0.6 is 26.0 Å². The van der Waals surface area contributed by atoms with E-state index in [1.807, 2.05) is 0 Å². The summed E-state index contributed by atoms with van der Waals surface area (Å²) in [5.74, 6) is 0. The minimum absolute atomic E-state index is 0.438. The molecule has 0 bridgehead atoms. The fourth-order valence-corrected chi connectivity index (χ4v) is 3.61. The molecule has 29 heavy (non-hydrogen) atoms. The van der Waals surface area contributed by atoms with Crippen molar-refractivity contribution >= 4 is 48.8 Å². The SMILES string of the molecule is CC(C)N1[CH-]N(CN2[CH-]N(C(C)C)c3ccccc32)c2ccccc21.[Br][Au].[Br][Au]. The molecule has 0 fully saturated rings. The van der Waals surface area contributed by atoms with Crippen molar-refractivity contribution in [2.45, 2.75) is 39.8 Å². The molecule has 2 aliphatic rings. The number of nitrogens with zero attached hydrogens (tertiary/aromatic N) is 4. The summed E-state index contributed by atoms with van der Waals surface area (Å²) in [7, 11) is 0. The third-order valence-corrected chi connectivity index (χ3v) is 4.88. The molecule has 0 aliphatic carbocycles. The van der Waals surface area contributed by atoms with Crippen LogP contribution in [0.2, 0.25) is 0 Å². The number of para-hydroxylation sites is 4. The van der Waals surface area contributed by atoms with Crippen molar-refractivity contribution in [3.8, 4) is 0 Å². The molecular formula is C21H26Au2Br2N4-2. The van der Waals surface area contributed by atoms with Crippen molar-refractivity contribution in [1.82, 2.24) is 0 Å². The van der Waals surface area contributed by atoms with Gasteiger partial charge in [0.2, 0.25) is 0 Å². The van der Waals surface area contributed by atoms with Crippen LogP contribution in [-0.4, -0.2) is 18.8 Å². The Morgan fingerprint density at radius 2 is 0.966 bits per heavy atom. The second kappa shape index (κ2) is 12.2. The number of benzene rings is 2. The van der Waals surface area contributed by atoms with Gasteiger partial charge < -0.3 is 19.6 Å². The van der Waals surface area contributed by atoms with Crippen LogP contribution in [0.15, 0.2) is 48.5 Å². The molecule has 168 valence electrons. The summed E-state index contributed by atoms with van der Waals surface area (Å²) < 4.78 is 0. The zero-order chi connectivity index (χ0) is 21.6. The van der Waals surface area contributed by atoms with Gasteiger partial charge >= 0.3 is 63.9 Å². The van der Waals surface area contributed by atoms with Crippen LogP contribution in [-0.2, 0) is 37.9 Å². The van der Waals surface area contributed by atoms with Crippen LogP contribution in [0, 0.1) is 13.3 Å². The molecule has 2 aromatic carbocycles. The van der Waals surface area contributed by atoms with E-state index in [0.29, 0.717) is 12.1 Å². The summed E-state index contributed by atoms with van der Waals surface area (Å²) in [6.45, 7) is 14.2. The first-order valence-electron chi connectivity index (χ1n) is 9.27. The van der Waals surface area contributed by atoms with Gasteiger partial charge in [-0.3, -0.25) is 0 Å². The van der Waals surface area contributed by atoms with Gasteiger partial charge in [0.15, 0.2) is 0 Å². The van der Waals surface area contributed by atoms with E-state index in [1.165, 1.54) is 22.7 Å². The summed E-state index contributed by atoms with van der Waals surface area (Å²) in [6.07, 6.45) is 0. The number of rotatable bonds is 4. The molecule has 0 N–H and O–H groups in total. The molecule has 8 heteroatoms. The fourth-order valence-electron chi connectivity index (χ4n) is 3.61. The number of hydrogen-bond acceptors (Lipinski definition) is 4. The molecule has 4 rings (SSSR count). The maximum absolute atomic E-state index is 2.88. The molecule has 0 saturated heterocycles. The first-order chi connectivity index (χ1) is 14.1. The van der Waals surface area contributed by atoms with Crippen LogP contribution in [0.4, 0.5) is 22.7 Å². The molecule has 2 heterocycles. The van der Waals surface area contributed by atoms with Crippen LogP contribution in [0.1, 0.15) is 27.7 Å². The van der Waals surface area contributed by atoms with Crippen molar-refractivity contribution < 1.29 is 37.9 Å². The quantitative estimate of drug-likeness (QED) is 0.263. The standard InChI is InChI=1S/C21H26N4.2Au.2BrH/c1-16(2)24-14-22(18-9-5-7-11-20(18)24)13-23-15-25(17(3)4)21-12-8-6-10-19(21)23;;;;/h5-12,14-17H,13H2,1-4H3;;;2*1H/q-2;2*+1;;/p-2. The average Bonchev–Trinajstić information content (AvgIpc) is 3.31. The predicted octanol–water partition coefficient (Wildman–Crippen LogP) is 6.34. The zero-order valence-corrected chi connectivity index (χ0v) is 24.3. The Morgan fingerprint density at radius 3 is 1.28 bits per heavy atom. The predicted molar refractivity (Wildman–Crippen MR) is 124 cm³/mol. The monoisotopic (exact) mass is 886 g/mol. The molecule has 0 radical (unpaired) electrons. The third-order valence-electron chi connectivity index (χ3n) is 4.88. The van der Waals surface area contributed by atoms with Gasteiger partial charge in [0.1, 0.15) is 0 Å². The first-order valence-corrected chi connectivity index (χ1v) is 18.7. The molecule has 2 aromatic rings. The molecule has 0 aromatic heterocycles. The summed E-state index contributed by atoms with van der Waals surface area (Å²) in [4.78, 5) is 9.37. The molecule has 4 nitrogen and oxygen atoms in total. The molecule has 0 amide bonds. The van der Waals surface area contributed by atoms with E-state index in [1.54, 1.807) is 0 Å². The van der Waals surface area contributed by atoms with E-state index in [4.69, 9.17) is 0 Å². The number of anilines is 4. The van der Waals surface area contributed by atoms with E-state index >= 15 is 0 Å². The average molecular weight is 888 g/mol. The van der Waals surface area contributed by atoms with Gasteiger partial charge in [-0.25, -0.2) is 0 Å². The van der Waals surface area contributed by atoms with Crippen molar-refractivity contribution in [3.05, 3.63) is 61.9 Å². The van der Waals surface area contributed by atoms with Gasteiger partial charge in [-0.2, -0.15) is 13.3 Å². The van der Waals surface area contributed by atoms with Gasteiger partial charge in [0.25, 0.3) is 0 Å². The Hall–Kier alpha value is 0.0805. The van der Waals surface area contributed by atoms with Crippen molar-refractivity contribution in [1.29, 1.82) is 0 Å². The Morgan fingerprint density at radius 1 is 0.655 bits per heavy atom. The van der Waals surface area contributed by atoms with Gasteiger partial charge in [-0.1, -0.05) is 24.3 Å². The van der Waals surface area contributed by atoms with Crippen LogP contribution in [0.5, 0.6) is 0 Å². The van der Waals surface area contributed by atoms with Gasteiger partial charge in [0, 0.05) is 29.4 Å². The van der Waals surface area contributed by atoms with E-state index < -0.39 is 0 Å². The Balaban J connectivity index is 0.000000707. The molecule has 0 atom stereocenters. The third kappa shape index (κ3) is 5.66. The normalized spacial score (nSPS) is 14.5. The zero-order valence-electron chi connectivity index (χ0n) is 16.8. The van der Waals surface area contributed by atoms with E-state index in [-0.39, 0.29) is 0 Å².